The van der Waals surface area contributed by atoms with Gasteiger partial charge in [-0.25, -0.2) is 4.79 Å². The van der Waals surface area contributed by atoms with Gasteiger partial charge in [-0.1, -0.05) is 6.07 Å². The molecular weight excluding hydrogens is 350 g/mol. The average Bonchev–Trinajstić information content (AvgIpc) is 2.84. The van der Waals surface area contributed by atoms with Gasteiger partial charge < -0.3 is 9.52 Å². The third-order valence-corrected chi connectivity index (χ3v) is 4.35. The molecule has 1 aromatic carbocycles. The summed E-state index contributed by atoms with van der Waals surface area (Å²) in [7, 11) is -3.98. The lowest BCUT2D eigenvalue weighted by atomic mass is 10.2. The van der Waals surface area contributed by atoms with Crippen LogP contribution in [0, 0.1) is 6.92 Å². The van der Waals surface area contributed by atoms with E-state index in [1.54, 1.807) is 12.1 Å². The molecule has 0 aliphatic heterocycles. The Hall–Kier alpha value is -1.80. The maximum atomic E-state index is 12.1. The SMILES string of the molecule is Cc1ccc(Br)c(NS(=O)(=O)c2ccc(C(=O)O)o2)c1. The van der Waals surface area contributed by atoms with Crippen LogP contribution in [-0.2, 0) is 10.0 Å². The molecule has 0 amide bonds. The van der Waals surface area contributed by atoms with E-state index in [0.717, 1.165) is 17.7 Å². The summed E-state index contributed by atoms with van der Waals surface area (Å²) in [6.07, 6.45) is 0. The van der Waals surface area contributed by atoms with E-state index < -0.39 is 26.8 Å². The molecule has 0 bridgehead atoms. The number of aromatic carboxylic acids is 1. The molecule has 8 heteroatoms. The largest absolute Gasteiger partial charge is 0.475 e. The van der Waals surface area contributed by atoms with E-state index in [4.69, 9.17) is 9.52 Å². The minimum Gasteiger partial charge on any atom is -0.475 e. The maximum Gasteiger partial charge on any atom is 0.371 e. The molecule has 0 aliphatic rings. The van der Waals surface area contributed by atoms with Crippen LogP contribution in [0.15, 0.2) is 44.3 Å². The van der Waals surface area contributed by atoms with Crippen LogP contribution in [-0.4, -0.2) is 19.5 Å². The monoisotopic (exact) mass is 359 g/mol. The minimum absolute atomic E-state index is 0.346. The molecule has 2 aromatic rings. The van der Waals surface area contributed by atoms with Gasteiger partial charge in [0, 0.05) is 4.47 Å². The topological polar surface area (TPSA) is 96.6 Å². The van der Waals surface area contributed by atoms with Crippen molar-refractivity contribution in [3.8, 4) is 0 Å². The number of anilines is 1. The average molecular weight is 360 g/mol. The lowest BCUT2D eigenvalue weighted by Crippen LogP contribution is -2.12. The van der Waals surface area contributed by atoms with Gasteiger partial charge in [0.25, 0.3) is 10.0 Å². The number of halogens is 1. The van der Waals surface area contributed by atoms with E-state index in [-0.39, 0.29) is 0 Å². The molecule has 0 fully saturated rings. The van der Waals surface area contributed by atoms with E-state index in [0.29, 0.717) is 10.2 Å². The second-order valence-electron chi connectivity index (χ2n) is 4.01. The van der Waals surface area contributed by atoms with E-state index in [9.17, 15) is 13.2 Å². The molecule has 0 saturated carbocycles. The summed E-state index contributed by atoms with van der Waals surface area (Å²) in [6.45, 7) is 1.82. The van der Waals surface area contributed by atoms with Crippen LogP contribution < -0.4 is 4.72 Å². The van der Waals surface area contributed by atoms with Crippen LogP contribution in [0.5, 0.6) is 0 Å². The van der Waals surface area contributed by atoms with Crippen LogP contribution in [0.2, 0.25) is 0 Å². The second kappa shape index (κ2) is 5.29. The quantitative estimate of drug-likeness (QED) is 0.874. The van der Waals surface area contributed by atoms with Gasteiger partial charge in [-0.2, -0.15) is 8.42 Å². The summed E-state index contributed by atoms with van der Waals surface area (Å²) in [5, 5.41) is 8.26. The molecule has 6 nitrogen and oxygen atoms in total. The van der Waals surface area contributed by atoms with Crippen LogP contribution >= 0.6 is 15.9 Å². The molecule has 0 spiro atoms. The van der Waals surface area contributed by atoms with Crippen molar-refractivity contribution in [3.63, 3.8) is 0 Å². The summed E-state index contributed by atoms with van der Waals surface area (Å²) in [5.74, 6) is -1.77. The molecule has 1 heterocycles. The normalized spacial score (nSPS) is 11.3. The molecule has 2 N–H and O–H groups in total. The van der Waals surface area contributed by atoms with Gasteiger partial charge in [0.1, 0.15) is 0 Å². The van der Waals surface area contributed by atoms with Gasteiger partial charge in [0.15, 0.2) is 0 Å². The van der Waals surface area contributed by atoms with E-state index >= 15 is 0 Å². The van der Waals surface area contributed by atoms with Gasteiger partial charge >= 0.3 is 5.97 Å². The fourth-order valence-corrected chi connectivity index (χ4v) is 2.97. The summed E-state index contributed by atoms with van der Waals surface area (Å²) >= 11 is 3.23. The number of hydrogen-bond donors (Lipinski definition) is 2. The highest BCUT2D eigenvalue weighted by atomic mass is 79.9. The minimum atomic E-state index is -3.98. The highest BCUT2D eigenvalue weighted by Crippen LogP contribution is 2.26. The molecular formula is C12H10BrNO5S. The zero-order valence-corrected chi connectivity index (χ0v) is 12.7. The molecule has 1 aromatic heterocycles. The summed E-state index contributed by atoms with van der Waals surface area (Å²) in [6, 6.07) is 7.34. The zero-order valence-electron chi connectivity index (χ0n) is 10.3. The number of aryl methyl sites for hydroxylation is 1. The summed E-state index contributed by atoms with van der Waals surface area (Å²) in [4.78, 5) is 10.7. The molecule has 20 heavy (non-hydrogen) atoms. The number of benzene rings is 1. The van der Waals surface area contributed by atoms with Crippen molar-refractivity contribution in [3.05, 3.63) is 46.1 Å². The van der Waals surface area contributed by atoms with E-state index in [1.807, 2.05) is 13.0 Å². The van der Waals surface area contributed by atoms with Crippen LogP contribution in [0.3, 0.4) is 0 Å². The smallest absolute Gasteiger partial charge is 0.371 e. The second-order valence-corrected chi connectivity index (χ2v) is 6.48. The predicted octanol–water partition coefficient (Wildman–Crippen LogP) is 2.85. The van der Waals surface area contributed by atoms with Crippen molar-refractivity contribution in [2.24, 2.45) is 0 Å². The van der Waals surface area contributed by atoms with Gasteiger partial charge in [-0.05, 0) is 52.7 Å². The molecule has 0 saturated heterocycles. The highest BCUT2D eigenvalue weighted by Gasteiger charge is 2.21. The Labute approximate surface area is 123 Å². The fourth-order valence-electron chi connectivity index (χ4n) is 1.49. The van der Waals surface area contributed by atoms with Gasteiger partial charge in [0.2, 0.25) is 10.9 Å². The number of hydrogen-bond acceptors (Lipinski definition) is 4. The molecule has 0 unspecified atom stereocenters. The molecule has 2 rings (SSSR count). The molecule has 106 valence electrons. The number of carbonyl (C=O) groups is 1. The summed E-state index contributed by atoms with van der Waals surface area (Å²) in [5.41, 5.74) is 1.22. The standard InChI is InChI=1S/C12H10BrNO5S/c1-7-2-3-8(13)9(6-7)14-20(17,18)11-5-4-10(19-11)12(15)16/h2-6,14H,1H3,(H,15,16). The maximum absolute atomic E-state index is 12.1. The lowest BCUT2D eigenvalue weighted by Gasteiger charge is -2.08. The summed E-state index contributed by atoms with van der Waals surface area (Å²) < 4.78 is 31.9. The van der Waals surface area contributed by atoms with Crippen molar-refractivity contribution in [1.29, 1.82) is 0 Å². The van der Waals surface area contributed by atoms with Crippen molar-refractivity contribution < 1.29 is 22.7 Å². The lowest BCUT2D eigenvalue weighted by molar-refractivity contribution is 0.0656. The zero-order chi connectivity index (χ0) is 14.9. The Morgan fingerprint density at radius 3 is 2.60 bits per heavy atom. The first-order valence-electron chi connectivity index (χ1n) is 5.42. The number of furan rings is 1. The predicted molar refractivity (Wildman–Crippen MR) is 75.4 cm³/mol. The van der Waals surface area contributed by atoms with Crippen molar-refractivity contribution in [2.75, 3.05) is 4.72 Å². The van der Waals surface area contributed by atoms with Crippen molar-refractivity contribution in [2.45, 2.75) is 12.0 Å². The molecule has 0 radical (unpaired) electrons. The Bertz CT molecular complexity index is 766. The van der Waals surface area contributed by atoms with Gasteiger partial charge in [0.05, 0.1) is 5.69 Å². The van der Waals surface area contributed by atoms with E-state index in [2.05, 4.69) is 20.7 Å². The van der Waals surface area contributed by atoms with Crippen LogP contribution in [0.25, 0.3) is 0 Å². The first-order valence-corrected chi connectivity index (χ1v) is 7.69. The van der Waals surface area contributed by atoms with Crippen molar-refractivity contribution in [1.82, 2.24) is 0 Å². The fraction of sp³-hybridized carbons (Fsp3) is 0.0833. The van der Waals surface area contributed by atoms with E-state index in [1.165, 1.54) is 0 Å². The first kappa shape index (κ1) is 14.6. The Morgan fingerprint density at radius 2 is 2.00 bits per heavy atom. The Kier molecular flexibility index (Phi) is 3.87. The number of nitrogens with one attached hydrogen (secondary N) is 1. The molecule has 0 atom stereocenters. The molecule has 0 aliphatic carbocycles. The van der Waals surface area contributed by atoms with Crippen LogP contribution in [0.4, 0.5) is 5.69 Å². The van der Waals surface area contributed by atoms with Gasteiger partial charge in [-0.15, -0.1) is 0 Å². The van der Waals surface area contributed by atoms with Crippen molar-refractivity contribution >= 4 is 37.6 Å². The van der Waals surface area contributed by atoms with Crippen LogP contribution in [0.1, 0.15) is 16.1 Å². The third kappa shape index (κ3) is 3.02. The number of carboxylic acids is 1. The number of sulfonamides is 1. The van der Waals surface area contributed by atoms with Gasteiger partial charge in [-0.3, -0.25) is 4.72 Å². The Morgan fingerprint density at radius 1 is 1.30 bits per heavy atom. The highest BCUT2D eigenvalue weighted by molar-refractivity contribution is 9.10. The Balaban J connectivity index is 2.35. The first-order chi connectivity index (χ1) is 9.29. The number of carboxylic acid groups (broad SMARTS) is 1. The number of rotatable bonds is 4. The third-order valence-electron chi connectivity index (χ3n) is 2.42.